The average molecular weight is 194 g/mol. The molecular weight excluding hydrogens is 172 g/mol. The molecule has 0 aromatic rings. The maximum atomic E-state index is 6.29. The van der Waals surface area contributed by atoms with Crippen LogP contribution in [0, 0.1) is 29.6 Å². The number of hydrogen-bond acceptors (Lipinski definition) is 2. The van der Waals surface area contributed by atoms with E-state index in [4.69, 9.17) is 11.5 Å². The third kappa shape index (κ3) is 1.04. The van der Waals surface area contributed by atoms with E-state index in [2.05, 4.69) is 6.92 Å². The summed E-state index contributed by atoms with van der Waals surface area (Å²) in [6.45, 7) is 2.42. The minimum atomic E-state index is 0.286. The van der Waals surface area contributed by atoms with E-state index in [9.17, 15) is 0 Å². The van der Waals surface area contributed by atoms with Gasteiger partial charge in [-0.2, -0.15) is 0 Å². The van der Waals surface area contributed by atoms with Crippen LogP contribution in [0.4, 0.5) is 0 Å². The number of fused-ring (bicyclic) bond motifs is 2. The van der Waals surface area contributed by atoms with Crippen molar-refractivity contribution >= 4 is 0 Å². The lowest BCUT2D eigenvalue weighted by Crippen LogP contribution is -2.57. The maximum absolute atomic E-state index is 6.29. The second-order valence-electron chi connectivity index (χ2n) is 5.94. The first-order valence-electron chi connectivity index (χ1n) is 6.19. The molecule has 0 heterocycles. The van der Waals surface area contributed by atoms with Gasteiger partial charge in [-0.3, -0.25) is 0 Å². The monoisotopic (exact) mass is 194 g/mol. The second-order valence-corrected chi connectivity index (χ2v) is 5.94. The van der Waals surface area contributed by atoms with Crippen LogP contribution < -0.4 is 11.5 Å². The van der Waals surface area contributed by atoms with E-state index in [-0.39, 0.29) is 6.04 Å². The van der Waals surface area contributed by atoms with E-state index in [0.29, 0.717) is 6.04 Å². The van der Waals surface area contributed by atoms with Crippen LogP contribution in [0.5, 0.6) is 0 Å². The first kappa shape index (κ1) is 9.17. The largest absolute Gasteiger partial charge is 0.326 e. The van der Waals surface area contributed by atoms with E-state index in [1.54, 1.807) is 0 Å². The van der Waals surface area contributed by atoms with Crippen molar-refractivity contribution in [2.24, 2.45) is 41.1 Å². The Labute approximate surface area is 86.4 Å². The Morgan fingerprint density at radius 1 is 0.929 bits per heavy atom. The van der Waals surface area contributed by atoms with Crippen molar-refractivity contribution in [1.29, 1.82) is 0 Å². The van der Waals surface area contributed by atoms with Gasteiger partial charge in [0.15, 0.2) is 0 Å². The molecular formula is C12H22N2. The van der Waals surface area contributed by atoms with E-state index < -0.39 is 0 Å². The summed E-state index contributed by atoms with van der Waals surface area (Å²) in [5.74, 6) is 4.28. The van der Waals surface area contributed by atoms with Gasteiger partial charge in [-0.15, -0.1) is 0 Å². The highest BCUT2D eigenvalue weighted by molar-refractivity contribution is 5.06. The molecule has 7 atom stereocenters. The summed E-state index contributed by atoms with van der Waals surface area (Å²) in [5, 5.41) is 0. The highest BCUT2D eigenvalue weighted by Crippen LogP contribution is 2.56. The highest BCUT2D eigenvalue weighted by Gasteiger charge is 2.53. The van der Waals surface area contributed by atoms with Gasteiger partial charge < -0.3 is 11.5 Å². The normalized spacial score (nSPS) is 61.5. The fourth-order valence-electron chi connectivity index (χ4n) is 4.56. The van der Waals surface area contributed by atoms with Crippen LogP contribution in [0.1, 0.15) is 32.6 Å². The van der Waals surface area contributed by atoms with Gasteiger partial charge in [0.2, 0.25) is 0 Å². The molecule has 0 saturated heterocycles. The topological polar surface area (TPSA) is 52.0 Å². The molecule has 14 heavy (non-hydrogen) atoms. The van der Waals surface area contributed by atoms with Gasteiger partial charge in [-0.05, 0) is 55.3 Å². The Balaban J connectivity index is 1.95. The van der Waals surface area contributed by atoms with Crippen molar-refractivity contribution in [1.82, 2.24) is 0 Å². The van der Waals surface area contributed by atoms with E-state index in [1.807, 2.05) is 0 Å². The lowest BCUT2D eigenvalue weighted by atomic mass is 9.56. The Bertz CT molecular complexity index is 234. The highest BCUT2D eigenvalue weighted by atomic mass is 14.8. The first-order chi connectivity index (χ1) is 6.68. The van der Waals surface area contributed by atoms with Crippen molar-refractivity contribution in [3.63, 3.8) is 0 Å². The van der Waals surface area contributed by atoms with Gasteiger partial charge in [0, 0.05) is 12.1 Å². The van der Waals surface area contributed by atoms with Crippen molar-refractivity contribution in [2.75, 3.05) is 0 Å². The van der Waals surface area contributed by atoms with Crippen LogP contribution in [0.25, 0.3) is 0 Å². The quantitative estimate of drug-likeness (QED) is 0.611. The van der Waals surface area contributed by atoms with Crippen molar-refractivity contribution in [2.45, 2.75) is 44.7 Å². The lowest BCUT2D eigenvalue weighted by Gasteiger charge is -2.51. The van der Waals surface area contributed by atoms with Crippen LogP contribution in [-0.4, -0.2) is 12.1 Å². The van der Waals surface area contributed by atoms with Crippen LogP contribution >= 0.6 is 0 Å². The summed E-state index contributed by atoms with van der Waals surface area (Å²) in [6.07, 6.45) is 5.48. The van der Waals surface area contributed by atoms with Crippen molar-refractivity contribution in [3.05, 3.63) is 0 Å². The third-order valence-corrected chi connectivity index (χ3v) is 5.34. The van der Waals surface area contributed by atoms with E-state index in [0.717, 1.165) is 29.6 Å². The molecule has 3 saturated carbocycles. The summed E-state index contributed by atoms with van der Waals surface area (Å²) in [4.78, 5) is 0. The van der Waals surface area contributed by atoms with Crippen molar-refractivity contribution in [3.8, 4) is 0 Å². The minimum Gasteiger partial charge on any atom is -0.326 e. The Hall–Kier alpha value is -0.0800. The molecule has 0 aromatic heterocycles. The summed E-state index contributed by atoms with van der Waals surface area (Å²) in [6, 6.07) is 0.584. The Morgan fingerprint density at radius 3 is 2.43 bits per heavy atom. The molecule has 3 rings (SSSR count). The molecule has 0 spiro atoms. The van der Waals surface area contributed by atoms with Crippen molar-refractivity contribution < 1.29 is 0 Å². The molecule has 3 aliphatic carbocycles. The lowest BCUT2D eigenvalue weighted by molar-refractivity contribution is 0.00663. The van der Waals surface area contributed by atoms with Gasteiger partial charge in [-0.1, -0.05) is 6.92 Å². The van der Waals surface area contributed by atoms with Gasteiger partial charge in [0.05, 0.1) is 0 Å². The molecule has 0 radical (unpaired) electrons. The Kier molecular flexibility index (Phi) is 1.94. The summed E-state index contributed by atoms with van der Waals surface area (Å²) in [7, 11) is 0. The zero-order chi connectivity index (χ0) is 9.87. The van der Waals surface area contributed by atoms with Crippen LogP contribution in [0.2, 0.25) is 0 Å². The van der Waals surface area contributed by atoms with Crippen LogP contribution in [0.15, 0.2) is 0 Å². The predicted octanol–water partition coefficient (Wildman–Crippen LogP) is 1.34. The fourth-order valence-corrected chi connectivity index (χ4v) is 4.56. The molecule has 4 N–H and O–H groups in total. The zero-order valence-electron chi connectivity index (χ0n) is 9.02. The number of rotatable bonds is 0. The molecule has 0 aliphatic heterocycles. The third-order valence-electron chi connectivity index (χ3n) is 5.34. The van der Waals surface area contributed by atoms with Gasteiger partial charge >= 0.3 is 0 Å². The molecule has 3 fully saturated rings. The van der Waals surface area contributed by atoms with Gasteiger partial charge in [0.25, 0.3) is 0 Å². The molecule has 80 valence electrons. The summed E-state index contributed by atoms with van der Waals surface area (Å²) >= 11 is 0. The van der Waals surface area contributed by atoms with E-state index >= 15 is 0 Å². The second kappa shape index (κ2) is 2.96. The molecule has 7 unspecified atom stereocenters. The summed E-state index contributed by atoms with van der Waals surface area (Å²) < 4.78 is 0. The summed E-state index contributed by atoms with van der Waals surface area (Å²) in [5.41, 5.74) is 12.6. The van der Waals surface area contributed by atoms with Crippen LogP contribution in [-0.2, 0) is 0 Å². The average Bonchev–Trinajstić information content (AvgIpc) is 2.24. The molecule has 2 nitrogen and oxygen atoms in total. The molecule has 3 aliphatic rings. The number of hydrogen-bond donors (Lipinski definition) is 2. The zero-order valence-corrected chi connectivity index (χ0v) is 9.02. The maximum Gasteiger partial charge on any atom is 0.0226 e. The van der Waals surface area contributed by atoms with Gasteiger partial charge in [-0.25, -0.2) is 0 Å². The molecule has 0 aromatic carbocycles. The van der Waals surface area contributed by atoms with E-state index in [1.165, 1.54) is 25.7 Å². The standard InChI is InChI=1S/C12H22N2/c1-6-4-8-3-2-7-5-9(10(6)7)12(14)11(8)13/h6-12H,2-5,13-14H2,1H3. The van der Waals surface area contributed by atoms with Gasteiger partial charge in [0.1, 0.15) is 0 Å². The molecule has 0 amide bonds. The first-order valence-corrected chi connectivity index (χ1v) is 6.19. The number of nitrogens with two attached hydrogens (primary N) is 2. The smallest absolute Gasteiger partial charge is 0.0226 e. The fraction of sp³-hybridized carbons (Fsp3) is 1.00. The SMILES string of the molecule is CC1CC2CCC3CC(C(N)C2N)C13. The van der Waals surface area contributed by atoms with Crippen LogP contribution in [0.3, 0.4) is 0 Å². The Morgan fingerprint density at radius 2 is 1.64 bits per heavy atom. The minimum absolute atomic E-state index is 0.286. The molecule has 2 bridgehead atoms. The predicted molar refractivity (Wildman–Crippen MR) is 57.5 cm³/mol. The molecule has 2 heteroatoms.